The zero-order valence-electron chi connectivity index (χ0n) is 11.4. The SMILES string of the molecule is CCN1c2cc(F)c(C#N)cc2[C@@H](C)CC1(C)C. The van der Waals surface area contributed by atoms with Crippen LogP contribution < -0.4 is 4.90 Å². The molecule has 0 saturated carbocycles. The highest BCUT2D eigenvalue weighted by atomic mass is 19.1. The molecule has 0 unspecified atom stereocenters. The number of nitriles is 1. The molecule has 0 fully saturated rings. The predicted molar refractivity (Wildman–Crippen MR) is 71.2 cm³/mol. The molecule has 0 spiro atoms. The highest BCUT2D eigenvalue weighted by molar-refractivity contribution is 5.62. The molecule has 0 aromatic heterocycles. The van der Waals surface area contributed by atoms with E-state index in [4.69, 9.17) is 5.26 Å². The minimum absolute atomic E-state index is 0.0295. The van der Waals surface area contributed by atoms with Crippen LogP contribution in [0.5, 0.6) is 0 Å². The Morgan fingerprint density at radius 2 is 2.17 bits per heavy atom. The number of nitrogens with zero attached hydrogens (tertiary/aromatic N) is 2. The van der Waals surface area contributed by atoms with Crippen molar-refractivity contribution in [1.82, 2.24) is 0 Å². The third kappa shape index (κ3) is 1.86. The van der Waals surface area contributed by atoms with Gasteiger partial charge in [-0.05, 0) is 50.8 Å². The van der Waals surface area contributed by atoms with Gasteiger partial charge >= 0.3 is 0 Å². The molecule has 1 aliphatic heterocycles. The molecule has 1 aromatic rings. The van der Waals surface area contributed by atoms with E-state index in [9.17, 15) is 4.39 Å². The molecule has 1 atom stereocenters. The van der Waals surface area contributed by atoms with Gasteiger partial charge in [-0.1, -0.05) is 6.92 Å². The normalized spacial score (nSPS) is 21.3. The third-order valence-corrected chi connectivity index (χ3v) is 3.91. The predicted octanol–water partition coefficient (Wildman–Crippen LogP) is 3.81. The molecule has 0 radical (unpaired) electrons. The van der Waals surface area contributed by atoms with Crippen LogP contribution in [-0.2, 0) is 0 Å². The van der Waals surface area contributed by atoms with Gasteiger partial charge in [0.25, 0.3) is 0 Å². The van der Waals surface area contributed by atoms with E-state index in [2.05, 4.69) is 32.6 Å². The first kappa shape index (κ1) is 12.9. The highest BCUT2D eigenvalue weighted by Crippen LogP contribution is 2.43. The van der Waals surface area contributed by atoms with Crippen LogP contribution in [0.15, 0.2) is 12.1 Å². The maximum atomic E-state index is 13.8. The second-order valence-corrected chi connectivity index (χ2v) is 5.66. The average Bonchev–Trinajstić information content (AvgIpc) is 2.27. The Morgan fingerprint density at radius 3 is 2.72 bits per heavy atom. The van der Waals surface area contributed by atoms with Gasteiger partial charge in [-0.25, -0.2) is 4.39 Å². The van der Waals surface area contributed by atoms with E-state index in [-0.39, 0.29) is 11.1 Å². The first-order valence-electron chi connectivity index (χ1n) is 6.42. The summed E-state index contributed by atoms with van der Waals surface area (Å²) in [4.78, 5) is 2.23. The number of fused-ring (bicyclic) bond motifs is 1. The van der Waals surface area contributed by atoms with Crippen LogP contribution in [0.25, 0.3) is 0 Å². The van der Waals surface area contributed by atoms with Gasteiger partial charge in [0.15, 0.2) is 0 Å². The van der Waals surface area contributed by atoms with Gasteiger partial charge < -0.3 is 4.90 Å². The van der Waals surface area contributed by atoms with Crippen molar-refractivity contribution in [3.05, 3.63) is 29.1 Å². The van der Waals surface area contributed by atoms with E-state index in [1.54, 1.807) is 6.07 Å². The van der Waals surface area contributed by atoms with Crippen molar-refractivity contribution >= 4 is 5.69 Å². The highest BCUT2D eigenvalue weighted by Gasteiger charge is 2.36. The lowest BCUT2D eigenvalue weighted by Crippen LogP contribution is -2.48. The van der Waals surface area contributed by atoms with E-state index in [0.29, 0.717) is 5.92 Å². The Kier molecular flexibility index (Phi) is 3.06. The van der Waals surface area contributed by atoms with E-state index in [1.165, 1.54) is 6.07 Å². The first-order chi connectivity index (χ1) is 8.40. The Balaban J connectivity index is 2.63. The van der Waals surface area contributed by atoms with Gasteiger partial charge in [-0.2, -0.15) is 5.26 Å². The van der Waals surface area contributed by atoms with Crippen LogP contribution in [0, 0.1) is 17.1 Å². The Hall–Kier alpha value is -1.56. The summed E-state index contributed by atoms with van der Waals surface area (Å²) in [6.45, 7) is 9.44. The standard InChI is InChI=1S/C15H19FN2/c1-5-18-14-7-13(16)11(9-17)6-12(14)10(2)8-15(18,3)4/h6-7,10H,5,8H2,1-4H3/t10-/m0/s1. The van der Waals surface area contributed by atoms with Crippen molar-refractivity contribution in [3.8, 4) is 6.07 Å². The molecule has 0 N–H and O–H groups in total. The lowest BCUT2D eigenvalue weighted by atomic mass is 9.79. The fraction of sp³-hybridized carbons (Fsp3) is 0.533. The molecule has 1 aliphatic rings. The van der Waals surface area contributed by atoms with Gasteiger partial charge in [0.1, 0.15) is 11.9 Å². The van der Waals surface area contributed by atoms with Crippen molar-refractivity contribution in [2.45, 2.75) is 45.6 Å². The molecule has 1 aromatic carbocycles. The lowest BCUT2D eigenvalue weighted by Gasteiger charge is -2.47. The molecular formula is C15H19FN2. The molecule has 3 heteroatoms. The number of benzene rings is 1. The van der Waals surface area contributed by atoms with E-state index < -0.39 is 5.82 Å². The number of hydrogen-bond acceptors (Lipinski definition) is 2. The van der Waals surface area contributed by atoms with Crippen molar-refractivity contribution in [3.63, 3.8) is 0 Å². The molecule has 18 heavy (non-hydrogen) atoms. The summed E-state index contributed by atoms with van der Waals surface area (Å²) in [5.74, 6) is -0.0647. The smallest absolute Gasteiger partial charge is 0.143 e. The topological polar surface area (TPSA) is 27.0 Å². The van der Waals surface area contributed by atoms with Crippen LogP contribution in [0.4, 0.5) is 10.1 Å². The summed E-state index contributed by atoms with van der Waals surface area (Å²) in [6.07, 6.45) is 1.02. The number of halogens is 1. The molecule has 0 saturated heterocycles. The van der Waals surface area contributed by atoms with Crippen molar-refractivity contribution in [2.24, 2.45) is 0 Å². The second-order valence-electron chi connectivity index (χ2n) is 5.66. The average molecular weight is 246 g/mol. The van der Waals surface area contributed by atoms with Crippen LogP contribution in [0.1, 0.15) is 51.2 Å². The Morgan fingerprint density at radius 1 is 1.50 bits per heavy atom. The zero-order valence-corrected chi connectivity index (χ0v) is 11.4. The Labute approximate surface area is 108 Å². The third-order valence-electron chi connectivity index (χ3n) is 3.91. The largest absolute Gasteiger partial charge is 0.366 e. The molecular weight excluding hydrogens is 227 g/mol. The van der Waals surface area contributed by atoms with Crippen LogP contribution >= 0.6 is 0 Å². The van der Waals surface area contributed by atoms with Crippen molar-refractivity contribution in [1.29, 1.82) is 5.26 Å². The summed E-state index contributed by atoms with van der Waals surface area (Å²) in [5.41, 5.74) is 2.21. The number of rotatable bonds is 1. The molecule has 2 rings (SSSR count). The fourth-order valence-corrected chi connectivity index (χ4v) is 3.19. The van der Waals surface area contributed by atoms with E-state index in [0.717, 1.165) is 24.2 Å². The molecule has 1 heterocycles. The van der Waals surface area contributed by atoms with E-state index in [1.807, 2.05) is 6.07 Å². The molecule has 2 nitrogen and oxygen atoms in total. The quantitative estimate of drug-likeness (QED) is 0.753. The van der Waals surface area contributed by atoms with Crippen LogP contribution in [0.3, 0.4) is 0 Å². The van der Waals surface area contributed by atoms with Gasteiger partial charge in [-0.15, -0.1) is 0 Å². The molecule has 0 bridgehead atoms. The van der Waals surface area contributed by atoms with Gasteiger partial charge in [0.2, 0.25) is 0 Å². The monoisotopic (exact) mass is 246 g/mol. The fourth-order valence-electron chi connectivity index (χ4n) is 3.19. The number of anilines is 1. The van der Waals surface area contributed by atoms with E-state index >= 15 is 0 Å². The summed E-state index contributed by atoms with van der Waals surface area (Å²) in [7, 11) is 0. The lowest BCUT2D eigenvalue weighted by molar-refractivity contribution is 0.380. The Bertz CT molecular complexity index is 514. The van der Waals surface area contributed by atoms with Crippen LogP contribution in [-0.4, -0.2) is 12.1 Å². The van der Waals surface area contributed by atoms with Gasteiger partial charge in [-0.3, -0.25) is 0 Å². The minimum atomic E-state index is -0.417. The first-order valence-corrected chi connectivity index (χ1v) is 6.42. The molecule has 0 amide bonds. The minimum Gasteiger partial charge on any atom is -0.366 e. The van der Waals surface area contributed by atoms with Gasteiger partial charge in [0, 0.05) is 17.8 Å². The maximum Gasteiger partial charge on any atom is 0.143 e. The van der Waals surface area contributed by atoms with Gasteiger partial charge in [0.05, 0.1) is 5.56 Å². The molecule has 0 aliphatic carbocycles. The summed E-state index contributed by atoms with van der Waals surface area (Å²) in [6, 6.07) is 5.16. The second kappa shape index (κ2) is 4.28. The maximum absolute atomic E-state index is 13.8. The summed E-state index contributed by atoms with van der Waals surface area (Å²) >= 11 is 0. The number of hydrogen-bond donors (Lipinski definition) is 0. The van der Waals surface area contributed by atoms with Crippen LogP contribution in [0.2, 0.25) is 0 Å². The zero-order chi connectivity index (χ0) is 13.5. The summed E-state index contributed by atoms with van der Waals surface area (Å²) in [5, 5.41) is 8.93. The van der Waals surface area contributed by atoms with Crippen molar-refractivity contribution in [2.75, 3.05) is 11.4 Å². The van der Waals surface area contributed by atoms with Crippen molar-refractivity contribution < 1.29 is 4.39 Å². The summed E-state index contributed by atoms with van der Waals surface area (Å²) < 4.78 is 13.8. The molecule has 96 valence electrons.